The van der Waals surface area contributed by atoms with Gasteiger partial charge in [-0.25, -0.2) is 9.97 Å². The standard InChI is InChI=1S/C31H28N2/c1-30(2,3)21-14-15-22-20(17-21)10-8-12-24(22)28-27-26-23-11-7-6-9-19(23)13-16-25(26)31(4,5)29(27)33-18-32-28/h6-18H,1-5H3. The van der Waals surface area contributed by atoms with E-state index in [-0.39, 0.29) is 10.8 Å². The average Bonchev–Trinajstić information content (AvgIpc) is 3.05. The Morgan fingerprint density at radius 1 is 0.697 bits per heavy atom. The van der Waals surface area contributed by atoms with E-state index < -0.39 is 0 Å². The molecule has 0 bridgehead atoms. The van der Waals surface area contributed by atoms with Gasteiger partial charge in [-0.15, -0.1) is 0 Å². The highest BCUT2D eigenvalue weighted by atomic mass is 14.9. The first-order chi connectivity index (χ1) is 15.8. The van der Waals surface area contributed by atoms with Crippen molar-refractivity contribution >= 4 is 21.5 Å². The maximum Gasteiger partial charge on any atom is 0.116 e. The first-order valence-corrected chi connectivity index (χ1v) is 11.7. The maximum atomic E-state index is 4.90. The number of hydrogen-bond acceptors (Lipinski definition) is 2. The monoisotopic (exact) mass is 428 g/mol. The Bertz CT molecular complexity index is 1570. The van der Waals surface area contributed by atoms with Crippen molar-refractivity contribution in [3.8, 4) is 22.4 Å². The summed E-state index contributed by atoms with van der Waals surface area (Å²) in [5.41, 5.74) is 8.39. The summed E-state index contributed by atoms with van der Waals surface area (Å²) >= 11 is 0. The van der Waals surface area contributed by atoms with E-state index >= 15 is 0 Å². The second-order valence-corrected chi connectivity index (χ2v) is 10.8. The smallest absolute Gasteiger partial charge is 0.116 e. The molecular weight excluding hydrogens is 400 g/mol. The van der Waals surface area contributed by atoms with Crippen LogP contribution in [0.5, 0.6) is 0 Å². The summed E-state index contributed by atoms with van der Waals surface area (Å²) in [6.45, 7) is 11.3. The van der Waals surface area contributed by atoms with Crippen molar-refractivity contribution in [2.24, 2.45) is 0 Å². The van der Waals surface area contributed by atoms with Crippen molar-refractivity contribution in [1.82, 2.24) is 9.97 Å². The van der Waals surface area contributed by atoms with Crippen molar-refractivity contribution in [2.75, 3.05) is 0 Å². The molecule has 0 saturated heterocycles. The average molecular weight is 429 g/mol. The van der Waals surface area contributed by atoms with Crippen LogP contribution >= 0.6 is 0 Å². The Labute approximate surface area is 195 Å². The van der Waals surface area contributed by atoms with Crippen molar-refractivity contribution in [3.05, 3.63) is 95.9 Å². The summed E-state index contributed by atoms with van der Waals surface area (Å²) < 4.78 is 0. The van der Waals surface area contributed by atoms with Crippen LogP contribution in [-0.4, -0.2) is 9.97 Å². The topological polar surface area (TPSA) is 25.8 Å². The molecule has 2 nitrogen and oxygen atoms in total. The largest absolute Gasteiger partial charge is 0.240 e. The summed E-state index contributed by atoms with van der Waals surface area (Å²) in [6.07, 6.45) is 1.74. The second kappa shape index (κ2) is 6.74. The number of aromatic nitrogens is 2. The predicted molar refractivity (Wildman–Crippen MR) is 139 cm³/mol. The van der Waals surface area contributed by atoms with Gasteiger partial charge in [0.15, 0.2) is 0 Å². The van der Waals surface area contributed by atoms with Gasteiger partial charge >= 0.3 is 0 Å². The van der Waals surface area contributed by atoms with E-state index in [2.05, 4.69) is 107 Å². The van der Waals surface area contributed by atoms with Crippen molar-refractivity contribution in [1.29, 1.82) is 0 Å². The zero-order chi connectivity index (χ0) is 23.0. The van der Waals surface area contributed by atoms with E-state index in [4.69, 9.17) is 9.97 Å². The Morgan fingerprint density at radius 2 is 1.48 bits per heavy atom. The number of nitrogens with zero attached hydrogens (tertiary/aromatic N) is 2. The minimum atomic E-state index is -0.170. The summed E-state index contributed by atoms with van der Waals surface area (Å²) in [5, 5.41) is 5.01. The van der Waals surface area contributed by atoms with Gasteiger partial charge in [0.2, 0.25) is 0 Å². The molecule has 6 rings (SSSR count). The number of fused-ring (bicyclic) bond motifs is 6. The Balaban J connectivity index is 1.69. The molecule has 0 unspecified atom stereocenters. The first kappa shape index (κ1) is 20.1. The Morgan fingerprint density at radius 3 is 2.30 bits per heavy atom. The Kier molecular flexibility index (Phi) is 4.11. The number of hydrogen-bond donors (Lipinski definition) is 0. The van der Waals surface area contributed by atoms with E-state index in [0.717, 1.165) is 11.4 Å². The molecule has 1 aliphatic rings. The lowest BCUT2D eigenvalue weighted by atomic mass is 9.84. The first-order valence-electron chi connectivity index (χ1n) is 11.7. The minimum Gasteiger partial charge on any atom is -0.240 e. The molecule has 33 heavy (non-hydrogen) atoms. The fourth-order valence-corrected chi connectivity index (χ4v) is 5.45. The summed E-state index contributed by atoms with van der Waals surface area (Å²) in [4.78, 5) is 9.74. The van der Waals surface area contributed by atoms with Gasteiger partial charge < -0.3 is 0 Å². The molecule has 0 N–H and O–H groups in total. The van der Waals surface area contributed by atoms with Gasteiger partial charge in [0.25, 0.3) is 0 Å². The molecule has 0 atom stereocenters. The van der Waals surface area contributed by atoms with Crippen LogP contribution in [0.15, 0.2) is 79.1 Å². The van der Waals surface area contributed by atoms with E-state index in [1.54, 1.807) is 6.33 Å². The highest BCUT2D eigenvalue weighted by Crippen LogP contribution is 2.53. The zero-order valence-electron chi connectivity index (χ0n) is 19.9. The van der Waals surface area contributed by atoms with Crippen LogP contribution in [0, 0.1) is 0 Å². The lowest BCUT2D eigenvalue weighted by Gasteiger charge is -2.21. The molecule has 0 spiro atoms. The van der Waals surface area contributed by atoms with Gasteiger partial charge in [0, 0.05) is 16.5 Å². The molecule has 1 aromatic heterocycles. The molecule has 0 radical (unpaired) electrons. The van der Waals surface area contributed by atoms with Gasteiger partial charge in [0.1, 0.15) is 6.33 Å². The maximum absolute atomic E-state index is 4.90. The molecule has 4 aromatic carbocycles. The third-order valence-corrected chi connectivity index (χ3v) is 7.29. The van der Waals surface area contributed by atoms with E-state index in [9.17, 15) is 0 Å². The van der Waals surface area contributed by atoms with Crippen LogP contribution in [0.25, 0.3) is 43.9 Å². The summed E-state index contributed by atoms with van der Waals surface area (Å²) in [6, 6.07) is 26.6. The van der Waals surface area contributed by atoms with Gasteiger partial charge in [0.05, 0.1) is 11.4 Å². The van der Waals surface area contributed by atoms with E-state index in [1.807, 2.05) is 0 Å². The van der Waals surface area contributed by atoms with Crippen LogP contribution in [0.2, 0.25) is 0 Å². The quantitative estimate of drug-likeness (QED) is 0.270. The molecule has 0 amide bonds. The molecule has 1 heterocycles. The number of benzene rings is 4. The van der Waals surface area contributed by atoms with Crippen LogP contribution < -0.4 is 0 Å². The van der Waals surface area contributed by atoms with E-state index in [1.165, 1.54) is 49.4 Å². The van der Waals surface area contributed by atoms with Crippen LogP contribution in [-0.2, 0) is 10.8 Å². The van der Waals surface area contributed by atoms with Crippen molar-refractivity contribution < 1.29 is 0 Å². The fraction of sp³-hybridized carbons (Fsp3) is 0.226. The van der Waals surface area contributed by atoms with Gasteiger partial charge in [-0.05, 0) is 43.7 Å². The van der Waals surface area contributed by atoms with Gasteiger partial charge in [-0.2, -0.15) is 0 Å². The lowest BCUT2D eigenvalue weighted by molar-refractivity contribution is 0.591. The highest BCUT2D eigenvalue weighted by Gasteiger charge is 2.40. The zero-order valence-corrected chi connectivity index (χ0v) is 19.9. The summed E-state index contributed by atoms with van der Waals surface area (Å²) in [7, 11) is 0. The van der Waals surface area contributed by atoms with Gasteiger partial charge in [-0.3, -0.25) is 0 Å². The van der Waals surface area contributed by atoms with Crippen molar-refractivity contribution in [3.63, 3.8) is 0 Å². The van der Waals surface area contributed by atoms with Crippen LogP contribution in [0.1, 0.15) is 51.4 Å². The van der Waals surface area contributed by atoms with Crippen molar-refractivity contribution in [2.45, 2.75) is 45.4 Å². The van der Waals surface area contributed by atoms with E-state index in [0.29, 0.717) is 0 Å². The predicted octanol–water partition coefficient (Wildman–Crippen LogP) is 8.05. The fourth-order valence-electron chi connectivity index (χ4n) is 5.45. The highest BCUT2D eigenvalue weighted by molar-refractivity contribution is 6.08. The molecule has 1 aliphatic carbocycles. The summed E-state index contributed by atoms with van der Waals surface area (Å²) in [5.74, 6) is 0. The Hall–Kier alpha value is -3.52. The number of rotatable bonds is 1. The molecule has 0 saturated carbocycles. The lowest BCUT2D eigenvalue weighted by Crippen LogP contribution is -2.16. The van der Waals surface area contributed by atoms with Crippen LogP contribution in [0.4, 0.5) is 0 Å². The minimum absolute atomic E-state index is 0.113. The molecule has 5 aromatic rings. The normalized spacial score (nSPS) is 14.5. The third kappa shape index (κ3) is 2.87. The van der Waals surface area contributed by atoms with Crippen LogP contribution in [0.3, 0.4) is 0 Å². The molecule has 0 aliphatic heterocycles. The molecule has 162 valence electrons. The molecular formula is C31H28N2. The van der Waals surface area contributed by atoms with Gasteiger partial charge in [-0.1, -0.05) is 107 Å². The molecule has 0 fully saturated rings. The SMILES string of the molecule is CC(C)(C)c1ccc2c(-c3ncnc4c3-c3c(ccc5ccccc35)C4(C)C)cccc2c1. The molecule has 2 heteroatoms. The second-order valence-electron chi connectivity index (χ2n) is 10.8. The third-order valence-electron chi connectivity index (χ3n) is 7.29.